The first-order valence-electron chi connectivity index (χ1n) is 8.35. The molecule has 2 amide bonds. The van der Waals surface area contributed by atoms with E-state index in [-0.39, 0.29) is 17.7 Å². The fourth-order valence-corrected chi connectivity index (χ4v) is 3.28. The van der Waals surface area contributed by atoms with E-state index in [4.69, 9.17) is 10.00 Å². The molecule has 3 rings (SSSR count). The van der Waals surface area contributed by atoms with Gasteiger partial charge in [0.1, 0.15) is 0 Å². The minimum atomic E-state index is -0.0654. The van der Waals surface area contributed by atoms with Crippen molar-refractivity contribution in [2.45, 2.75) is 12.8 Å². The lowest BCUT2D eigenvalue weighted by molar-refractivity contribution is -0.141. The molecule has 1 aromatic carbocycles. The Labute approximate surface area is 141 Å². The average Bonchev–Trinajstić information content (AvgIpc) is 2.67. The van der Waals surface area contributed by atoms with E-state index < -0.39 is 0 Å². The zero-order chi connectivity index (χ0) is 16.9. The number of rotatable bonds is 2. The topological polar surface area (TPSA) is 73.6 Å². The smallest absolute Gasteiger partial charge is 0.253 e. The molecule has 0 atom stereocenters. The molecule has 0 saturated carbocycles. The van der Waals surface area contributed by atoms with Crippen LogP contribution in [0.3, 0.4) is 0 Å². The van der Waals surface area contributed by atoms with E-state index in [0.29, 0.717) is 63.4 Å². The maximum atomic E-state index is 12.6. The summed E-state index contributed by atoms with van der Waals surface area (Å²) in [5.41, 5.74) is 1.02. The number of nitrogens with zero attached hydrogens (tertiary/aromatic N) is 3. The first kappa shape index (κ1) is 16.5. The molecule has 0 radical (unpaired) electrons. The van der Waals surface area contributed by atoms with Crippen LogP contribution < -0.4 is 0 Å². The van der Waals surface area contributed by atoms with E-state index in [1.165, 1.54) is 0 Å². The quantitative estimate of drug-likeness (QED) is 0.820. The van der Waals surface area contributed by atoms with Crippen molar-refractivity contribution in [3.63, 3.8) is 0 Å². The van der Waals surface area contributed by atoms with Gasteiger partial charge in [-0.15, -0.1) is 0 Å². The molecule has 0 bridgehead atoms. The summed E-state index contributed by atoms with van der Waals surface area (Å²) in [6, 6.07) is 8.81. The van der Waals surface area contributed by atoms with E-state index in [1.54, 1.807) is 29.2 Å². The molecule has 0 spiro atoms. The van der Waals surface area contributed by atoms with Crippen LogP contribution in [0.1, 0.15) is 28.8 Å². The molecule has 0 aromatic heterocycles. The molecular formula is C18H21N3O3. The van der Waals surface area contributed by atoms with Gasteiger partial charge in [-0.25, -0.2) is 0 Å². The summed E-state index contributed by atoms with van der Waals surface area (Å²) >= 11 is 0. The summed E-state index contributed by atoms with van der Waals surface area (Å²) in [5, 5.41) is 8.95. The van der Waals surface area contributed by atoms with Gasteiger partial charge in [0.15, 0.2) is 0 Å². The minimum absolute atomic E-state index is 0.00223. The van der Waals surface area contributed by atoms with E-state index >= 15 is 0 Å². The van der Waals surface area contributed by atoms with Crippen molar-refractivity contribution in [1.82, 2.24) is 9.80 Å². The Kier molecular flexibility index (Phi) is 5.11. The predicted molar refractivity (Wildman–Crippen MR) is 87.2 cm³/mol. The number of carbonyl (C=O) groups is 2. The Bertz CT molecular complexity index is 654. The maximum Gasteiger partial charge on any atom is 0.253 e. The molecule has 2 aliphatic rings. The molecule has 6 nitrogen and oxygen atoms in total. The van der Waals surface area contributed by atoms with Gasteiger partial charge in [0.2, 0.25) is 5.91 Å². The van der Waals surface area contributed by atoms with Crippen molar-refractivity contribution in [1.29, 1.82) is 5.26 Å². The number of morpholine rings is 1. The number of likely N-dealkylation sites (tertiary alicyclic amines) is 1. The summed E-state index contributed by atoms with van der Waals surface area (Å²) in [7, 11) is 0. The third-order valence-electron chi connectivity index (χ3n) is 4.69. The van der Waals surface area contributed by atoms with Gasteiger partial charge in [-0.05, 0) is 31.0 Å². The van der Waals surface area contributed by atoms with E-state index in [1.807, 2.05) is 4.90 Å². The van der Waals surface area contributed by atoms with Crippen LogP contribution in [-0.2, 0) is 9.53 Å². The second-order valence-corrected chi connectivity index (χ2v) is 6.20. The number of nitriles is 1. The van der Waals surface area contributed by atoms with Crippen LogP contribution in [0.25, 0.3) is 0 Å². The van der Waals surface area contributed by atoms with Gasteiger partial charge in [0, 0.05) is 37.7 Å². The summed E-state index contributed by atoms with van der Waals surface area (Å²) in [5.74, 6) is 0.124. The molecule has 0 N–H and O–H groups in total. The second-order valence-electron chi connectivity index (χ2n) is 6.20. The van der Waals surface area contributed by atoms with Crippen LogP contribution in [0.4, 0.5) is 0 Å². The van der Waals surface area contributed by atoms with Crippen LogP contribution in [0.5, 0.6) is 0 Å². The number of ether oxygens (including phenoxy) is 1. The minimum Gasteiger partial charge on any atom is -0.378 e. The molecule has 2 saturated heterocycles. The molecule has 6 heteroatoms. The highest BCUT2D eigenvalue weighted by molar-refractivity contribution is 5.94. The van der Waals surface area contributed by atoms with Gasteiger partial charge in [-0.1, -0.05) is 6.07 Å². The number of hydrogen-bond donors (Lipinski definition) is 0. The van der Waals surface area contributed by atoms with Crippen LogP contribution in [0.15, 0.2) is 24.3 Å². The Morgan fingerprint density at radius 3 is 2.46 bits per heavy atom. The van der Waals surface area contributed by atoms with Gasteiger partial charge in [-0.2, -0.15) is 5.26 Å². The van der Waals surface area contributed by atoms with Gasteiger partial charge in [0.25, 0.3) is 5.91 Å². The number of hydrogen-bond acceptors (Lipinski definition) is 4. The number of piperidine rings is 1. The highest BCUT2D eigenvalue weighted by atomic mass is 16.5. The van der Waals surface area contributed by atoms with Crippen LogP contribution in [0.2, 0.25) is 0 Å². The number of amides is 2. The fraction of sp³-hybridized carbons (Fsp3) is 0.500. The number of carbonyl (C=O) groups excluding carboxylic acids is 2. The van der Waals surface area contributed by atoms with Crippen molar-refractivity contribution in [2.24, 2.45) is 5.92 Å². The zero-order valence-electron chi connectivity index (χ0n) is 13.6. The SMILES string of the molecule is N#Cc1cccc(C(=O)N2CCC(C(=O)N3CCOCC3)CC2)c1. The third-order valence-corrected chi connectivity index (χ3v) is 4.69. The Morgan fingerprint density at radius 1 is 1.08 bits per heavy atom. The highest BCUT2D eigenvalue weighted by Crippen LogP contribution is 2.22. The summed E-state index contributed by atoms with van der Waals surface area (Å²) in [6.07, 6.45) is 1.39. The molecule has 0 aliphatic carbocycles. The van der Waals surface area contributed by atoms with Crippen molar-refractivity contribution < 1.29 is 14.3 Å². The van der Waals surface area contributed by atoms with Crippen molar-refractivity contribution in [2.75, 3.05) is 39.4 Å². The van der Waals surface area contributed by atoms with Crippen molar-refractivity contribution >= 4 is 11.8 Å². The standard InChI is InChI=1S/C18H21N3O3/c19-13-14-2-1-3-16(12-14)18(23)20-6-4-15(5-7-20)17(22)21-8-10-24-11-9-21/h1-3,12,15H,4-11H2. The first-order chi connectivity index (χ1) is 11.7. The molecule has 2 heterocycles. The normalized spacial score (nSPS) is 19.0. The highest BCUT2D eigenvalue weighted by Gasteiger charge is 2.31. The zero-order valence-corrected chi connectivity index (χ0v) is 13.6. The molecule has 1 aromatic rings. The van der Waals surface area contributed by atoms with Crippen LogP contribution >= 0.6 is 0 Å². The van der Waals surface area contributed by atoms with E-state index in [0.717, 1.165) is 0 Å². The summed E-state index contributed by atoms with van der Waals surface area (Å²) in [4.78, 5) is 28.7. The first-order valence-corrected chi connectivity index (χ1v) is 8.35. The molecule has 2 aliphatic heterocycles. The van der Waals surface area contributed by atoms with Gasteiger partial charge >= 0.3 is 0 Å². The van der Waals surface area contributed by atoms with Gasteiger partial charge in [0.05, 0.1) is 24.8 Å². The maximum absolute atomic E-state index is 12.6. The Balaban J connectivity index is 1.57. The van der Waals surface area contributed by atoms with Gasteiger partial charge < -0.3 is 14.5 Å². The van der Waals surface area contributed by atoms with E-state index in [9.17, 15) is 9.59 Å². The Hall–Kier alpha value is -2.39. The summed E-state index contributed by atoms with van der Waals surface area (Å²) in [6.45, 7) is 3.71. The van der Waals surface area contributed by atoms with Crippen LogP contribution in [-0.4, -0.2) is 61.0 Å². The lowest BCUT2D eigenvalue weighted by Gasteiger charge is -2.35. The fourth-order valence-electron chi connectivity index (χ4n) is 3.28. The van der Waals surface area contributed by atoms with Crippen molar-refractivity contribution in [3.8, 4) is 6.07 Å². The molecule has 24 heavy (non-hydrogen) atoms. The lowest BCUT2D eigenvalue weighted by Crippen LogP contribution is -2.47. The van der Waals surface area contributed by atoms with Gasteiger partial charge in [-0.3, -0.25) is 9.59 Å². The molecule has 0 unspecified atom stereocenters. The average molecular weight is 327 g/mol. The Morgan fingerprint density at radius 2 is 1.79 bits per heavy atom. The third kappa shape index (κ3) is 3.57. The summed E-state index contributed by atoms with van der Waals surface area (Å²) < 4.78 is 5.28. The molecule has 126 valence electrons. The molecular weight excluding hydrogens is 306 g/mol. The predicted octanol–water partition coefficient (Wildman–Crippen LogP) is 1.27. The largest absolute Gasteiger partial charge is 0.378 e. The van der Waals surface area contributed by atoms with E-state index in [2.05, 4.69) is 6.07 Å². The number of benzene rings is 1. The van der Waals surface area contributed by atoms with Crippen molar-refractivity contribution in [3.05, 3.63) is 35.4 Å². The van der Waals surface area contributed by atoms with Crippen LogP contribution in [0, 0.1) is 17.2 Å². The second kappa shape index (κ2) is 7.45. The monoisotopic (exact) mass is 327 g/mol. The lowest BCUT2D eigenvalue weighted by atomic mass is 9.94. The molecule has 2 fully saturated rings.